The summed E-state index contributed by atoms with van der Waals surface area (Å²) in [6.45, 7) is 8.12. The van der Waals surface area contributed by atoms with Crippen molar-refractivity contribution < 1.29 is 45.9 Å². The molecule has 12 rings (SSSR count). The van der Waals surface area contributed by atoms with Crippen LogP contribution < -0.4 is 10.0 Å². The molecule has 83 heavy (non-hydrogen) atoms. The van der Waals surface area contributed by atoms with Crippen LogP contribution in [0.2, 0.25) is 0 Å². The molecule has 2 N–H and O–H groups in total. The number of methoxy groups -OCH3 is 1. The lowest BCUT2D eigenvalue weighted by Gasteiger charge is -2.40. The summed E-state index contributed by atoms with van der Waals surface area (Å²) < 4.78 is 75.0. The van der Waals surface area contributed by atoms with Crippen LogP contribution in [0.4, 0.5) is 8.78 Å². The molecule has 4 aromatic carbocycles. The van der Waals surface area contributed by atoms with Crippen LogP contribution in [-0.2, 0) is 42.4 Å². The molecular weight excluding hydrogens is 1080 g/mol. The molecule has 3 amide bonds. The van der Waals surface area contributed by atoms with Gasteiger partial charge in [-0.05, 0) is 179 Å². The van der Waals surface area contributed by atoms with E-state index in [0.29, 0.717) is 65.5 Å². The maximum absolute atomic E-state index is 15.4. The van der Waals surface area contributed by atoms with Gasteiger partial charge in [0.2, 0.25) is 0 Å². The van der Waals surface area contributed by atoms with Gasteiger partial charge in [-0.15, -0.1) is 0 Å². The molecule has 2 aromatic heterocycles. The highest BCUT2D eigenvalue weighted by atomic mass is 32.2. The molecule has 2 aliphatic carbocycles. The number of morpholine rings is 1. The number of carbonyl (C=O) groups is 4. The van der Waals surface area contributed by atoms with Crippen LogP contribution in [0.1, 0.15) is 140 Å². The number of fused-ring (bicyclic) bond motifs is 10. The van der Waals surface area contributed by atoms with Crippen LogP contribution >= 0.6 is 0 Å². The first kappa shape index (κ1) is 56.5. The Balaban J connectivity index is 0.830. The Labute approximate surface area is 483 Å². The van der Waals surface area contributed by atoms with Gasteiger partial charge in [-0.3, -0.25) is 14.4 Å². The van der Waals surface area contributed by atoms with Crippen LogP contribution in [0.25, 0.3) is 56.5 Å². The number of nitrogens with one attached hydrogen (secondary N) is 2. The summed E-state index contributed by atoms with van der Waals surface area (Å²) in [4.78, 5) is 60.4. The van der Waals surface area contributed by atoms with Crippen molar-refractivity contribution in [1.29, 1.82) is 0 Å². The van der Waals surface area contributed by atoms with Gasteiger partial charge < -0.3 is 33.7 Å². The number of benzene rings is 4. The number of piperazine rings is 1. The van der Waals surface area contributed by atoms with Gasteiger partial charge in [0, 0.05) is 102 Å². The number of hydrogen-bond donors (Lipinski definition) is 2. The van der Waals surface area contributed by atoms with Crippen molar-refractivity contribution in [3.8, 4) is 22.5 Å². The van der Waals surface area contributed by atoms with E-state index in [1.54, 1.807) is 29.2 Å². The van der Waals surface area contributed by atoms with Crippen molar-refractivity contribution in [2.24, 2.45) is 5.92 Å². The first-order chi connectivity index (χ1) is 39.8. The number of esters is 1. The van der Waals surface area contributed by atoms with Crippen molar-refractivity contribution in [2.45, 2.75) is 134 Å². The minimum absolute atomic E-state index is 0.00226. The van der Waals surface area contributed by atoms with E-state index in [4.69, 9.17) is 9.47 Å². The predicted molar refractivity (Wildman–Crippen MR) is 317 cm³/mol. The van der Waals surface area contributed by atoms with E-state index >= 15 is 13.6 Å². The maximum Gasteiger partial charge on any atom is 0.337 e. The predicted octanol–water partition coefficient (Wildman–Crippen LogP) is 10.6. The van der Waals surface area contributed by atoms with Gasteiger partial charge in [0.25, 0.3) is 17.7 Å². The number of rotatable bonds is 10. The lowest BCUT2D eigenvalue weighted by molar-refractivity contribution is -0.139. The van der Waals surface area contributed by atoms with Crippen LogP contribution in [0.15, 0.2) is 83.9 Å². The van der Waals surface area contributed by atoms with Crippen molar-refractivity contribution in [3.05, 3.63) is 129 Å². The fourth-order valence-electron chi connectivity index (χ4n) is 14.7. The van der Waals surface area contributed by atoms with E-state index < -0.39 is 27.9 Å². The summed E-state index contributed by atoms with van der Waals surface area (Å²) in [7, 11) is -0.0592. The number of carbonyl (C=O) groups excluding carboxylic acids is 4. The zero-order valence-electron chi connectivity index (χ0n) is 48.1. The second-order valence-corrected chi connectivity index (χ2v) is 26.3. The Hall–Kier alpha value is -6.99. The zero-order chi connectivity index (χ0) is 58.2. The van der Waals surface area contributed by atoms with Crippen LogP contribution in [-0.4, -0.2) is 127 Å². The fraction of sp³-hybridized carbons (Fsp3) is 0.446. The number of hydrogen-bond acceptors (Lipinski definition) is 9. The molecule has 2 saturated heterocycles. The molecule has 4 fully saturated rings. The molecule has 0 unspecified atom stereocenters. The number of aromatic nitrogens is 2. The Bertz CT molecular complexity index is 3780. The maximum atomic E-state index is 15.4. The second kappa shape index (κ2) is 22.5. The highest BCUT2D eigenvalue weighted by molar-refractivity contribution is 7.87. The monoisotopic (exact) mass is 1150 g/mol. The minimum atomic E-state index is -4.12. The lowest BCUT2D eigenvalue weighted by atomic mass is 9.75. The average molecular weight is 1150 g/mol. The first-order valence-electron chi connectivity index (χ1n) is 29.5. The summed E-state index contributed by atoms with van der Waals surface area (Å²) in [5.41, 5.74) is 9.95. The highest BCUT2D eigenvalue weighted by Gasteiger charge is 2.38. The SMILES string of the molecule is COC(=O)c1ccc2c(C3CCCCC3)c3n(c2c1)CC(C(=O)N1C[C@@H](CC2CCC(c4c5n(c6cc(C(=O)NS(=O)(=O)N(C)C)ccc46)CC(C(=O)N4C[C@@H](C)O[C@@H](C)C4)=Cc4cc(F)ccc4-5)CC2)N[C@@H](C)C1)=Cc1cc(F)ccc1-3. The molecular formula is C65H73F2N7O8S. The van der Waals surface area contributed by atoms with E-state index in [1.807, 2.05) is 55.2 Å². The van der Waals surface area contributed by atoms with Gasteiger partial charge >= 0.3 is 16.2 Å². The Morgan fingerprint density at radius 2 is 1.18 bits per heavy atom. The molecule has 436 valence electrons. The largest absolute Gasteiger partial charge is 0.465 e. The van der Waals surface area contributed by atoms with Crippen molar-refractivity contribution in [1.82, 2.24) is 33.3 Å². The van der Waals surface area contributed by atoms with Crippen LogP contribution in [0.5, 0.6) is 0 Å². The van der Waals surface area contributed by atoms with Gasteiger partial charge in [0.15, 0.2) is 0 Å². The minimum Gasteiger partial charge on any atom is -0.465 e. The normalized spacial score (nSPS) is 23.1. The van der Waals surface area contributed by atoms with E-state index in [0.717, 1.165) is 106 Å². The van der Waals surface area contributed by atoms with E-state index in [2.05, 4.69) is 26.1 Å². The van der Waals surface area contributed by atoms with Gasteiger partial charge in [-0.1, -0.05) is 31.4 Å². The lowest BCUT2D eigenvalue weighted by Crippen LogP contribution is -2.57. The van der Waals surface area contributed by atoms with Gasteiger partial charge in [-0.2, -0.15) is 12.7 Å². The Morgan fingerprint density at radius 1 is 0.663 bits per heavy atom. The van der Waals surface area contributed by atoms with Gasteiger partial charge in [-0.25, -0.2) is 18.3 Å². The topological polar surface area (TPSA) is 165 Å². The highest BCUT2D eigenvalue weighted by Crippen LogP contribution is 2.50. The number of ether oxygens (including phenoxy) is 2. The van der Waals surface area contributed by atoms with Crippen LogP contribution in [0.3, 0.4) is 0 Å². The summed E-state index contributed by atoms with van der Waals surface area (Å²) in [6.07, 6.45) is 13.0. The Morgan fingerprint density at radius 3 is 1.72 bits per heavy atom. The third kappa shape index (κ3) is 10.8. The summed E-state index contributed by atoms with van der Waals surface area (Å²) in [5, 5.41) is 5.74. The van der Waals surface area contributed by atoms with E-state index in [-0.39, 0.29) is 72.4 Å². The number of nitrogens with zero attached hydrogens (tertiary/aromatic N) is 5. The zero-order valence-corrected chi connectivity index (χ0v) is 48.9. The molecule has 6 heterocycles. The Kier molecular flexibility index (Phi) is 15.3. The molecule has 6 aromatic rings. The third-order valence-electron chi connectivity index (χ3n) is 18.3. The standard InChI is InChI=1S/C65H73F2N7O8S/c1-37-31-71(63(76)47-25-45-27-49(66)18-22-52(45)60-58(41-10-8-7-9-11-41)55-21-17-44(65(78)81-6)30-57(55)74(60)34-47)36-51(68-37)24-40-12-14-42(15-13-40)59-54-20-16-43(62(75)69-83(79,80)70(4)5)29-56(54)73-35-48(64(77)72-32-38(2)82-39(3)33-72)26-46-28-50(67)19-23-53(46)61(59)73/h16-23,25-30,37-42,51,68H,7-15,24,31-36H2,1-6H3,(H,69,75)/t37-,38-,39+,40?,42?,51+/m0/s1. The average Bonchev–Trinajstić information content (AvgIpc) is 1.99. The van der Waals surface area contributed by atoms with E-state index in [1.165, 1.54) is 57.5 Å². The molecule has 15 nitrogen and oxygen atoms in total. The molecule has 18 heteroatoms. The fourth-order valence-corrected chi connectivity index (χ4v) is 15.2. The smallest absolute Gasteiger partial charge is 0.337 e. The number of halogens is 2. The second-order valence-electron chi connectivity index (χ2n) is 24.4. The van der Waals surface area contributed by atoms with E-state index in [9.17, 15) is 22.8 Å². The first-order valence-corrected chi connectivity index (χ1v) is 30.9. The molecule has 6 aliphatic rings. The molecule has 2 saturated carbocycles. The quantitative estimate of drug-likeness (QED) is 0.127. The van der Waals surface area contributed by atoms with Gasteiger partial charge in [0.05, 0.1) is 49.4 Å². The molecule has 0 bridgehead atoms. The molecule has 0 spiro atoms. The van der Waals surface area contributed by atoms with Crippen molar-refractivity contribution in [3.63, 3.8) is 0 Å². The van der Waals surface area contributed by atoms with Crippen molar-refractivity contribution in [2.75, 3.05) is 47.4 Å². The summed E-state index contributed by atoms with van der Waals surface area (Å²) in [6, 6.07) is 20.5. The molecule has 4 atom stereocenters. The summed E-state index contributed by atoms with van der Waals surface area (Å²) in [5.74, 6) is -1.71. The van der Waals surface area contributed by atoms with Gasteiger partial charge in [0.1, 0.15) is 11.6 Å². The van der Waals surface area contributed by atoms with Crippen LogP contribution in [0, 0.1) is 17.6 Å². The third-order valence-corrected chi connectivity index (χ3v) is 19.7. The summed E-state index contributed by atoms with van der Waals surface area (Å²) >= 11 is 0. The number of amides is 3. The van der Waals surface area contributed by atoms with Crippen molar-refractivity contribution >= 4 is 67.9 Å². The molecule has 0 radical (unpaired) electrons. The molecule has 4 aliphatic heterocycles.